The van der Waals surface area contributed by atoms with Crippen molar-refractivity contribution < 1.29 is 13.2 Å². The molecule has 1 amide bonds. The number of carbonyl (C=O) groups excluding carboxylic acids is 1. The topological polar surface area (TPSA) is 82.3 Å². The van der Waals surface area contributed by atoms with E-state index in [-0.39, 0.29) is 10.8 Å². The van der Waals surface area contributed by atoms with Gasteiger partial charge in [-0.2, -0.15) is 4.31 Å². The summed E-state index contributed by atoms with van der Waals surface area (Å²) in [4.78, 5) is 15.3. The lowest BCUT2D eigenvalue weighted by atomic mass is 10.2. The Hall–Kier alpha value is -2.12. The maximum atomic E-state index is 12.4. The zero-order valence-electron chi connectivity index (χ0n) is 13.4. The Labute approximate surface area is 141 Å². The van der Waals surface area contributed by atoms with Crippen molar-refractivity contribution in [2.24, 2.45) is 0 Å². The molecule has 2 aromatic rings. The Morgan fingerprint density at radius 2 is 1.83 bits per heavy atom. The van der Waals surface area contributed by atoms with Gasteiger partial charge in [0.1, 0.15) is 0 Å². The van der Waals surface area contributed by atoms with Crippen LogP contribution in [0.3, 0.4) is 0 Å². The third-order valence-electron chi connectivity index (χ3n) is 4.18. The molecule has 0 aliphatic carbocycles. The van der Waals surface area contributed by atoms with Crippen LogP contribution in [-0.4, -0.2) is 43.2 Å². The Morgan fingerprint density at radius 3 is 2.46 bits per heavy atom. The van der Waals surface area contributed by atoms with Crippen molar-refractivity contribution in [2.45, 2.75) is 24.2 Å². The van der Waals surface area contributed by atoms with Crippen LogP contribution in [0.15, 0.2) is 47.6 Å². The van der Waals surface area contributed by atoms with Gasteiger partial charge in [0.2, 0.25) is 10.0 Å². The highest BCUT2D eigenvalue weighted by Gasteiger charge is 2.27. The molecule has 1 aliphatic heterocycles. The smallest absolute Gasteiger partial charge is 0.251 e. The van der Waals surface area contributed by atoms with Crippen LogP contribution in [0.25, 0.3) is 0 Å². The number of rotatable bonds is 6. The van der Waals surface area contributed by atoms with Crippen LogP contribution in [0.2, 0.25) is 0 Å². The number of hydrogen-bond donors (Lipinski definition) is 2. The average Bonchev–Trinajstić information content (AvgIpc) is 3.29. The maximum absolute atomic E-state index is 12.4. The molecule has 6 nitrogen and oxygen atoms in total. The normalized spacial score (nSPS) is 15.5. The molecule has 0 saturated carbocycles. The lowest BCUT2D eigenvalue weighted by molar-refractivity contribution is 0.0954. The summed E-state index contributed by atoms with van der Waals surface area (Å²) < 4.78 is 26.4. The molecule has 24 heavy (non-hydrogen) atoms. The minimum atomic E-state index is -3.43. The lowest BCUT2D eigenvalue weighted by Crippen LogP contribution is -2.28. The van der Waals surface area contributed by atoms with Gasteiger partial charge >= 0.3 is 0 Å². The van der Waals surface area contributed by atoms with Gasteiger partial charge in [-0.1, -0.05) is 0 Å². The van der Waals surface area contributed by atoms with Crippen LogP contribution in [0.1, 0.15) is 28.8 Å². The average molecular weight is 347 g/mol. The molecular weight excluding hydrogens is 326 g/mol. The highest BCUT2D eigenvalue weighted by Crippen LogP contribution is 2.21. The number of aromatic amines is 1. The van der Waals surface area contributed by atoms with E-state index in [2.05, 4.69) is 10.3 Å². The Morgan fingerprint density at radius 1 is 1.12 bits per heavy atom. The Bertz CT molecular complexity index is 777. The number of carbonyl (C=O) groups is 1. The maximum Gasteiger partial charge on any atom is 0.251 e. The quantitative estimate of drug-likeness (QED) is 0.835. The Kier molecular flexibility index (Phi) is 5.01. The highest BCUT2D eigenvalue weighted by molar-refractivity contribution is 7.89. The second-order valence-corrected chi connectivity index (χ2v) is 7.80. The molecule has 3 rings (SSSR count). The number of nitrogens with one attached hydrogen (secondary N) is 2. The predicted molar refractivity (Wildman–Crippen MR) is 91.3 cm³/mol. The van der Waals surface area contributed by atoms with Crippen molar-refractivity contribution in [3.8, 4) is 0 Å². The summed E-state index contributed by atoms with van der Waals surface area (Å²) in [7, 11) is -3.43. The van der Waals surface area contributed by atoms with Crippen LogP contribution in [-0.2, 0) is 16.4 Å². The molecule has 0 radical (unpaired) electrons. The van der Waals surface area contributed by atoms with Gasteiger partial charge in [-0.25, -0.2) is 8.42 Å². The zero-order chi connectivity index (χ0) is 17.0. The monoisotopic (exact) mass is 347 g/mol. The van der Waals surface area contributed by atoms with Crippen LogP contribution in [0, 0.1) is 0 Å². The number of benzene rings is 1. The van der Waals surface area contributed by atoms with Crippen molar-refractivity contribution in [3.63, 3.8) is 0 Å². The summed E-state index contributed by atoms with van der Waals surface area (Å²) in [6, 6.07) is 8.11. The van der Waals surface area contributed by atoms with Crippen LogP contribution >= 0.6 is 0 Å². The van der Waals surface area contributed by atoms with Gasteiger partial charge in [0.15, 0.2) is 0 Å². The SMILES string of the molecule is O=C(NCCc1cc[nH]c1)c1ccc(S(=O)(=O)N2CCCC2)cc1. The standard InChI is InChI=1S/C17H21N3O3S/c21-17(19-10-8-14-7-9-18-13-14)15-3-5-16(6-4-15)24(22,23)20-11-1-2-12-20/h3-7,9,13,18H,1-2,8,10-12H2,(H,19,21). The second kappa shape index (κ2) is 7.19. The molecule has 7 heteroatoms. The van der Waals surface area contributed by atoms with E-state index in [4.69, 9.17) is 0 Å². The van der Waals surface area contributed by atoms with Gasteiger partial charge in [0.05, 0.1) is 4.90 Å². The number of amides is 1. The van der Waals surface area contributed by atoms with E-state index in [0.717, 1.165) is 24.8 Å². The van der Waals surface area contributed by atoms with Gasteiger partial charge in [0.25, 0.3) is 5.91 Å². The summed E-state index contributed by atoms with van der Waals surface area (Å²) in [6.45, 7) is 1.68. The molecule has 1 aliphatic rings. The predicted octanol–water partition coefficient (Wildman–Crippen LogP) is 1.77. The fourth-order valence-electron chi connectivity index (χ4n) is 2.79. The lowest BCUT2D eigenvalue weighted by Gasteiger charge is -2.15. The fourth-order valence-corrected chi connectivity index (χ4v) is 4.31. The highest BCUT2D eigenvalue weighted by atomic mass is 32.2. The van der Waals surface area contributed by atoms with Crippen LogP contribution < -0.4 is 5.32 Å². The van der Waals surface area contributed by atoms with Gasteiger partial charge in [-0.15, -0.1) is 0 Å². The van der Waals surface area contributed by atoms with E-state index in [1.165, 1.54) is 16.4 Å². The molecule has 1 fully saturated rings. The van der Waals surface area contributed by atoms with Crippen molar-refractivity contribution in [3.05, 3.63) is 53.9 Å². The largest absolute Gasteiger partial charge is 0.367 e. The molecule has 1 aromatic heterocycles. The van der Waals surface area contributed by atoms with E-state index in [9.17, 15) is 13.2 Å². The summed E-state index contributed by atoms with van der Waals surface area (Å²) in [5.41, 5.74) is 1.59. The molecular formula is C17H21N3O3S. The number of aromatic nitrogens is 1. The molecule has 0 spiro atoms. The zero-order valence-corrected chi connectivity index (χ0v) is 14.2. The molecule has 0 unspecified atom stereocenters. The first-order valence-electron chi connectivity index (χ1n) is 8.07. The van der Waals surface area contributed by atoms with Crippen molar-refractivity contribution in [1.29, 1.82) is 0 Å². The third kappa shape index (κ3) is 3.68. The minimum absolute atomic E-state index is 0.198. The Balaban J connectivity index is 1.60. The molecule has 0 bridgehead atoms. The minimum Gasteiger partial charge on any atom is -0.367 e. The van der Waals surface area contributed by atoms with E-state index in [1.807, 2.05) is 18.5 Å². The summed E-state index contributed by atoms with van der Waals surface area (Å²) >= 11 is 0. The summed E-state index contributed by atoms with van der Waals surface area (Å²) in [5.74, 6) is -0.198. The van der Waals surface area contributed by atoms with Gasteiger partial charge in [0, 0.05) is 37.6 Å². The van der Waals surface area contributed by atoms with E-state index < -0.39 is 10.0 Å². The van der Waals surface area contributed by atoms with Crippen molar-refractivity contribution >= 4 is 15.9 Å². The molecule has 1 saturated heterocycles. The first kappa shape index (κ1) is 16.7. The summed E-state index contributed by atoms with van der Waals surface area (Å²) in [6.07, 6.45) is 6.29. The molecule has 1 aromatic carbocycles. The van der Waals surface area contributed by atoms with E-state index in [0.29, 0.717) is 25.2 Å². The number of nitrogens with zero attached hydrogens (tertiary/aromatic N) is 1. The van der Waals surface area contributed by atoms with Crippen molar-refractivity contribution in [1.82, 2.24) is 14.6 Å². The molecule has 0 atom stereocenters. The fraction of sp³-hybridized carbons (Fsp3) is 0.353. The third-order valence-corrected chi connectivity index (χ3v) is 6.09. The first-order chi connectivity index (χ1) is 11.6. The summed E-state index contributed by atoms with van der Waals surface area (Å²) in [5, 5.41) is 2.84. The molecule has 2 heterocycles. The number of hydrogen-bond acceptors (Lipinski definition) is 3. The first-order valence-corrected chi connectivity index (χ1v) is 9.51. The number of sulfonamides is 1. The van der Waals surface area contributed by atoms with E-state index in [1.54, 1.807) is 12.1 Å². The number of H-pyrrole nitrogens is 1. The second-order valence-electron chi connectivity index (χ2n) is 5.86. The molecule has 128 valence electrons. The van der Waals surface area contributed by atoms with Crippen LogP contribution in [0.5, 0.6) is 0 Å². The van der Waals surface area contributed by atoms with Gasteiger partial charge in [-0.3, -0.25) is 4.79 Å². The van der Waals surface area contributed by atoms with Crippen LogP contribution in [0.4, 0.5) is 0 Å². The van der Waals surface area contributed by atoms with Gasteiger partial charge in [-0.05, 0) is 55.2 Å². The van der Waals surface area contributed by atoms with Crippen molar-refractivity contribution in [2.75, 3.05) is 19.6 Å². The van der Waals surface area contributed by atoms with E-state index >= 15 is 0 Å². The van der Waals surface area contributed by atoms with Gasteiger partial charge < -0.3 is 10.3 Å². The molecule has 2 N–H and O–H groups in total.